The Balaban J connectivity index is 2.41. The first-order valence-corrected chi connectivity index (χ1v) is 3.53. The van der Waals surface area contributed by atoms with Gasteiger partial charge in [-0.05, 0) is 12.8 Å². The zero-order chi connectivity index (χ0) is 6.97. The standard InChI is InChI=1S/C7H9FN2/c8-6-2-1-4-10-5-3-9-7(6)10/h3,5-6H,1-2,4H2. The summed E-state index contributed by atoms with van der Waals surface area (Å²) >= 11 is 0. The van der Waals surface area contributed by atoms with Gasteiger partial charge in [0, 0.05) is 18.9 Å². The van der Waals surface area contributed by atoms with Crippen molar-refractivity contribution in [2.75, 3.05) is 0 Å². The molecule has 0 saturated heterocycles. The quantitative estimate of drug-likeness (QED) is 0.536. The number of hydrogen-bond acceptors (Lipinski definition) is 1. The van der Waals surface area contributed by atoms with Crippen LogP contribution >= 0.6 is 0 Å². The molecule has 2 heterocycles. The van der Waals surface area contributed by atoms with Crippen LogP contribution in [-0.4, -0.2) is 9.55 Å². The molecule has 0 bridgehead atoms. The molecular formula is C7H9FN2. The van der Waals surface area contributed by atoms with Gasteiger partial charge in [-0.2, -0.15) is 0 Å². The van der Waals surface area contributed by atoms with Gasteiger partial charge in [0.2, 0.25) is 0 Å². The number of aromatic nitrogens is 2. The van der Waals surface area contributed by atoms with E-state index in [0.29, 0.717) is 12.2 Å². The Kier molecular flexibility index (Phi) is 1.22. The highest BCUT2D eigenvalue weighted by Crippen LogP contribution is 2.25. The summed E-state index contributed by atoms with van der Waals surface area (Å²) in [6.07, 6.45) is 4.24. The molecule has 0 N–H and O–H groups in total. The van der Waals surface area contributed by atoms with E-state index in [1.807, 2.05) is 10.8 Å². The second kappa shape index (κ2) is 2.08. The van der Waals surface area contributed by atoms with Crippen molar-refractivity contribution < 1.29 is 4.39 Å². The van der Waals surface area contributed by atoms with Gasteiger partial charge in [-0.1, -0.05) is 0 Å². The predicted molar refractivity (Wildman–Crippen MR) is 35.3 cm³/mol. The third-order valence-electron chi connectivity index (χ3n) is 1.88. The number of nitrogens with zero attached hydrogens (tertiary/aromatic N) is 2. The second-order valence-electron chi connectivity index (χ2n) is 2.59. The smallest absolute Gasteiger partial charge is 0.158 e. The molecule has 10 heavy (non-hydrogen) atoms. The van der Waals surface area contributed by atoms with Gasteiger partial charge in [-0.25, -0.2) is 9.37 Å². The van der Waals surface area contributed by atoms with E-state index in [2.05, 4.69) is 4.98 Å². The lowest BCUT2D eigenvalue weighted by atomic mass is 10.1. The summed E-state index contributed by atoms with van der Waals surface area (Å²) in [6.45, 7) is 0.926. The summed E-state index contributed by atoms with van der Waals surface area (Å²) in [5, 5.41) is 0. The molecule has 1 aromatic rings. The van der Waals surface area contributed by atoms with Crippen molar-refractivity contribution in [2.45, 2.75) is 25.6 Å². The highest BCUT2D eigenvalue weighted by Gasteiger charge is 2.19. The molecule has 2 rings (SSSR count). The van der Waals surface area contributed by atoms with Crippen LogP contribution < -0.4 is 0 Å². The highest BCUT2D eigenvalue weighted by molar-refractivity contribution is 4.98. The van der Waals surface area contributed by atoms with Crippen LogP contribution in [0.25, 0.3) is 0 Å². The molecule has 1 aliphatic rings. The minimum Gasteiger partial charge on any atom is -0.332 e. The second-order valence-corrected chi connectivity index (χ2v) is 2.59. The molecule has 54 valence electrons. The van der Waals surface area contributed by atoms with Gasteiger partial charge in [0.1, 0.15) is 5.82 Å². The summed E-state index contributed by atoms with van der Waals surface area (Å²) in [5.41, 5.74) is 0. The maximum atomic E-state index is 12.9. The molecule has 3 heteroatoms. The maximum absolute atomic E-state index is 12.9. The number of rotatable bonds is 0. The fourth-order valence-electron chi connectivity index (χ4n) is 1.36. The van der Waals surface area contributed by atoms with Crippen molar-refractivity contribution in [3.63, 3.8) is 0 Å². The van der Waals surface area contributed by atoms with Gasteiger partial charge in [-0.3, -0.25) is 0 Å². The van der Waals surface area contributed by atoms with Crippen molar-refractivity contribution in [3.8, 4) is 0 Å². The number of fused-ring (bicyclic) bond motifs is 1. The molecule has 0 fully saturated rings. The molecule has 1 aromatic heterocycles. The fourth-order valence-corrected chi connectivity index (χ4v) is 1.36. The van der Waals surface area contributed by atoms with Crippen LogP contribution in [0.15, 0.2) is 12.4 Å². The van der Waals surface area contributed by atoms with E-state index in [1.54, 1.807) is 6.20 Å². The van der Waals surface area contributed by atoms with E-state index in [9.17, 15) is 4.39 Å². The van der Waals surface area contributed by atoms with Crippen LogP contribution in [0.2, 0.25) is 0 Å². The Hall–Kier alpha value is -0.860. The van der Waals surface area contributed by atoms with Crippen molar-refractivity contribution >= 4 is 0 Å². The van der Waals surface area contributed by atoms with Gasteiger partial charge in [0.25, 0.3) is 0 Å². The van der Waals surface area contributed by atoms with Crippen molar-refractivity contribution in [3.05, 3.63) is 18.2 Å². The van der Waals surface area contributed by atoms with Gasteiger partial charge < -0.3 is 4.57 Å². The summed E-state index contributed by atoms with van der Waals surface area (Å²) in [5.74, 6) is 0.603. The van der Waals surface area contributed by atoms with E-state index in [-0.39, 0.29) is 0 Å². The van der Waals surface area contributed by atoms with E-state index >= 15 is 0 Å². The Morgan fingerprint density at radius 2 is 2.60 bits per heavy atom. The molecule has 1 unspecified atom stereocenters. The zero-order valence-electron chi connectivity index (χ0n) is 5.63. The van der Waals surface area contributed by atoms with Crippen molar-refractivity contribution in [1.82, 2.24) is 9.55 Å². The average Bonchev–Trinajstić information content (AvgIpc) is 2.36. The van der Waals surface area contributed by atoms with Crippen molar-refractivity contribution in [2.24, 2.45) is 0 Å². The van der Waals surface area contributed by atoms with Crippen LogP contribution in [0.1, 0.15) is 24.8 Å². The molecule has 2 nitrogen and oxygen atoms in total. The first-order valence-electron chi connectivity index (χ1n) is 3.53. The number of hydrogen-bond donors (Lipinski definition) is 0. The van der Waals surface area contributed by atoms with Gasteiger partial charge >= 0.3 is 0 Å². The SMILES string of the molecule is FC1CCCn2ccnc21. The van der Waals surface area contributed by atoms with Crippen LogP contribution in [0.4, 0.5) is 4.39 Å². The minimum atomic E-state index is -0.830. The molecule has 0 aromatic carbocycles. The topological polar surface area (TPSA) is 17.8 Å². The number of aryl methyl sites for hydroxylation is 1. The molecule has 0 spiro atoms. The lowest BCUT2D eigenvalue weighted by Gasteiger charge is -2.16. The van der Waals surface area contributed by atoms with Gasteiger partial charge in [-0.15, -0.1) is 0 Å². The average molecular weight is 140 g/mol. The normalized spacial score (nSPS) is 24.3. The monoisotopic (exact) mass is 140 g/mol. The molecule has 1 atom stereocenters. The van der Waals surface area contributed by atoms with E-state index < -0.39 is 6.17 Å². The summed E-state index contributed by atoms with van der Waals surface area (Å²) in [4.78, 5) is 3.93. The number of halogens is 1. The first kappa shape index (κ1) is 5.89. The Labute approximate surface area is 58.7 Å². The third-order valence-corrected chi connectivity index (χ3v) is 1.88. The van der Waals surface area contributed by atoms with Gasteiger partial charge in [0.05, 0.1) is 0 Å². The third kappa shape index (κ3) is 0.735. The largest absolute Gasteiger partial charge is 0.332 e. The number of imidazole rings is 1. The summed E-state index contributed by atoms with van der Waals surface area (Å²) in [7, 11) is 0. The Bertz CT molecular complexity index is 231. The van der Waals surface area contributed by atoms with Crippen LogP contribution in [0.3, 0.4) is 0 Å². The molecule has 0 saturated carbocycles. The lowest BCUT2D eigenvalue weighted by molar-refractivity contribution is 0.261. The molecule has 0 radical (unpaired) electrons. The predicted octanol–water partition coefficient (Wildman–Crippen LogP) is 1.69. The molecule has 0 amide bonds. The summed E-state index contributed by atoms with van der Waals surface area (Å²) in [6, 6.07) is 0. The summed E-state index contributed by atoms with van der Waals surface area (Å²) < 4.78 is 14.8. The highest BCUT2D eigenvalue weighted by atomic mass is 19.1. The fraction of sp³-hybridized carbons (Fsp3) is 0.571. The maximum Gasteiger partial charge on any atom is 0.158 e. The molecular weight excluding hydrogens is 131 g/mol. The van der Waals surface area contributed by atoms with Crippen LogP contribution in [0, 0.1) is 0 Å². The van der Waals surface area contributed by atoms with Crippen LogP contribution in [0.5, 0.6) is 0 Å². The zero-order valence-corrected chi connectivity index (χ0v) is 5.63. The van der Waals surface area contributed by atoms with E-state index in [0.717, 1.165) is 13.0 Å². The molecule has 1 aliphatic heterocycles. The Morgan fingerprint density at radius 3 is 3.40 bits per heavy atom. The van der Waals surface area contributed by atoms with Crippen LogP contribution in [-0.2, 0) is 6.54 Å². The number of alkyl halides is 1. The van der Waals surface area contributed by atoms with E-state index in [1.165, 1.54) is 0 Å². The first-order chi connectivity index (χ1) is 4.88. The molecule has 0 aliphatic carbocycles. The Morgan fingerprint density at radius 1 is 1.70 bits per heavy atom. The van der Waals surface area contributed by atoms with Gasteiger partial charge in [0.15, 0.2) is 6.17 Å². The van der Waals surface area contributed by atoms with Crippen molar-refractivity contribution in [1.29, 1.82) is 0 Å². The van der Waals surface area contributed by atoms with E-state index in [4.69, 9.17) is 0 Å². The lowest BCUT2D eigenvalue weighted by Crippen LogP contribution is -2.12. The minimum absolute atomic E-state index is 0.603.